The van der Waals surface area contributed by atoms with Crippen LogP contribution in [0.5, 0.6) is 0 Å². The third-order valence-corrected chi connectivity index (χ3v) is 5.34. The van der Waals surface area contributed by atoms with E-state index in [-0.39, 0.29) is 30.5 Å². The van der Waals surface area contributed by atoms with Crippen molar-refractivity contribution < 1.29 is 14.0 Å². The minimum absolute atomic E-state index is 0.0402. The van der Waals surface area contributed by atoms with E-state index in [0.717, 1.165) is 16.1 Å². The van der Waals surface area contributed by atoms with E-state index in [1.165, 1.54) is 12.1 Å². The number of hydrogen-bond donors (Lipinski definition) is 1. The number of hydrogen-bond acceptors (Lipinski definition) is 3. The second-order valence-corrected chi connectivity index (χ2v) is 7.78. The molecule has 1 aliphatic rings. The van der Waals surface area contributed by atoms with Gasteiger partial charge in [-0.2, -0.15) is 0 Å². The van der Waals surface area contributed by atoms with Crippen LogP contribution in [0.15, 0.2) is 53.4 Å². The van der Waals surface area contributed by atoms with Crippen LogP contribution in [0.3, 0.4) is 0 Å². The Balaban J connectivity index is 1.52. The van der Waals surface area contributed by atoms with Crippen molar-refractivity contribution in [3.63, 3.8) is 0 Å². The molecule has 0 bridgehead atoms. The average molecular weight is 372 g/mol. The minimum Gasteiger partial charge on any atom is -0.352 e. The fourth-order valence-electron chi connectivity index (χ4n) is 2.87. The van der Waals surface area contributed by atoms with Gasteiger partial charge in [-0.25, -0.2) is 4.39 Å². The SMILES string of the molecule is CC1CN(C(=O)CCC(=O)NCc2ccc(F)cc2)c2ccccc2S1. The first-order valence-electron chi connectivity index (χ1n) is 8.60. The van der Waals surface area contributed by atoms with E-state index < -0.39 is 0 Å². The Morgan fingerprint density at radius 3 is 2.65 bits per heavy atom. The van der Waals surface area contributed by atoms with E-state index in [9.17, 15) is 14.0 Å². The second kappa shape index (κ2) is 8.36. The number of anilines is 1. The maximum absolute atomic E-state index is 12.9. The van der Waals surface area contributed by atoms with Gasteiger partial charge < -0.3 is 10.2 Å². The predicted molar refractivity (Wildman–Crippen MR) is 102 cm³/mol. The fourth-order valence-corrected chi connectivity index (χ4v) is 3.99. The van der Waals surface area contributed by atoms with Gasteiger partial charge in [0.05, 0.1) is 5.69 Å². The molecule has 1 heterocycles. The van der Waals surface area contributed by atoms with Gasteiger partial charge in [-0.05, 0) is 29.8 Å². The van der Waals surface area contributed by atoms with Crippen molar-refractivity contribution in [2.24, 2.45) is 0 Å². The molecular formula is C20H21FN2O2S. The number of amides is 2. The van der Waals surface area contributed by atoms with Gasteiger partial charge in [0.2, 0.25) is 11.8 Å². The van der Waals surface area contributed by atoms with Crippen LogP contribution < -0.4 is 10.2 Å². The van der Waals surface area contributed by atoms with E-state index in [2.05, 4.69) is 12.2 Å². The van der Waals surface area contributed by atoms with Crippen molar-refractivity contribution in [2.45, 2.75) is 36.5 Å². The Morgan fingerprint density at radius 1 is 1.15 bits per heavy atom. The zero-order valence-corrected chi connectivity index (χ0v) is 15.4. The number of benzene rings is 2. The third-order valence-electron chi connectivity index (χ3n) is 4.19. The molecule has 26 heavy (non-hydrogen) atoms. The number of carbonyl (C=O) groups excluding carboxylic acids is 2. The molecule has 0 radical (unpaired) electrons. The lowest BCUT2D eigenvalue weighted by atomic mass is 10.2. The molecule has 1 N–H and O–H groups in total. The van der Waals surface area contributed by atoms with Crippen molar-refractivity contribution in [3.05, 3.63) is 59.9 Å². The average Bonchev–Trinajstić information content (AvgIpc) is 2.65. The Labute approximate surface area is 156 Å². The molecule has 1 aliphatic heterocycles. The Bertz CT molecular complexity index is 795. The lowest BCUT2D eigenvalue weighted by Crippen LogP contribution is -2.39. The molecule has 0 fully saturated rings. The molecule has 2 aromatic carbocycles. The first kappa shape index (κ1) is 18.5. The summed E-state index contributed by atoms with van der Waals surface area (Å²) < 4.78 is 12.9. The highest BCUT2D eigenvalue weighted by atomic mass is 32.2. The van der Waals surface area contributed by atoms with Crippen LogP contribution in [0, 0.1) is 5.82 Å². The van der Waals surface area contributed by atoms with Crippen LogP contribution in [0.25, 0.3) is 0 Å². The van der Waals surface area contributed by atoms with Crippen LogP contribution in [-0.4, -0.2) is 23.6 Å². The maximum Gasteiger partial charge on any atom is 0.227 e. The summed E-state index contributed by atoms with van der Waals surface area (Å²) in [6, 6.07) is 13.8. The van der Waals surface area contributed by atoms with Gasteiger partial charge in [-0.3, -0.25) is 9.59 Å². The van der Waals surface area contributed by atoms with Crippen molar-refractivity contribution in [3.8, 4) is 0 Å². The largest absolute Gasteiger partial charge is 0.352 e. The number of nitrogens with one attached hydrogen (secondary N) is 1. The minimum atomic E-state index is -0.306. The number of nitrogens with zero attached hydrogens (tertiary/aromatic N) is 1. The monoisotopic (exact) mass is 372 g/mol. The fraction of sp³-hybridized carbons (Fsp3) is 0.300. The smallest absolute Gasteiger partial charge is 0.227 e. The molecule has 0 aromatic heterocycles. The zero-order valence-electron chi connectivity index (χ0n) is 14.6. The summed E-state index contributed by atoms with van der Waals surface area (Å²) in [5, 5.41) is 3.09. The first-order chi connectivity index (χ1) is 12.5. The van der Waals surface area contributed by atoms with E-state index >= 15 is 0 Å². The first-order valence-corrected chi connectivity index (χ1v) is 9.48. The van der Waals surface area contributed by atoms with Crippen molar-refractivity contribution in [2.75, 3.05) is 11.4 Å². The Hall–Kier alpha value is -2.34. The molecule has 0 spiro atoms. The summed E-state index contributed by atoms with van der Waals surface area (Å²) in [6.07, 6.45) is 0.307. The molecule has 4 nitrogen and oxygen atoms in total. The van der Waals surface area contributed by atoms with E-state index in [0.29, 0.717) is 18.3 Å². The molecule has 1 unspecified atom stereocenters. The van der Waals surface area contributed by atoms with Crippen LogP contribution in [0.4, 0.5) is 10.1 Å². The van der Waals surface area contributed by atoms with Gasteiger partial charge in [0.1, 0.15) is 5.82 Å². The van der Waals surface area contributed by atoms with Crippen LogP contribution in [0.2, 0.25) is 0 Å². The van der Waals surface area contributed by atoms with Gasteiger partial charge in [-0.15, -0.1) is 11.8 Å². The normalized spacial score (nSPS) is 16.1. The van der Waals surface area contributed by atoms with E-state index in [1.54, 1.807) is 28.8 Å². The summed E-state index contributed by atoms with van der Waals surface area (Å²) in [5.74, 6) is -0.531. The molecular weight excluding hydrogens is 351 g/mol. The van der Waals surface area contributed by atoms with Crippen LogP contribution in [0.1, 0.15) is 25.3 Å². The van der Waals surface area contributed by atoms with Gasteiger partial charge in [-0.1, -0.05) is 31.2 Å². The van der Waals surface area contributed by atoms with Gasteiger partial charge in [0.15, 0.2) is 0 Å². The Morgan fingerprint density at radius 2 is 1.88 bits per heavy atom. The van der Waals surface area contributed by atoms with Crippen molar-refractivity contribution in [1.29, 1.82) is 0 Å². The molecule has 0 saturated carbocycles. The topological polar surface area (TPSA) is 49.4 Å². The third kappa shape index (κ3) is 4.64. The van der Waals surface area contributed by atoms with Gasteiger partial charge in [0.25, 0.3) is 0 Å². The standard InChI is InChI=1S/C20H21FN2O2S/c1-14-13-23(17-4-2-3-5-18(17)26-14)20(25)11-10-19(24)22-12-15-6-8-16(21)9-7-15/h2-9,14H,10-13H2,1H3,(H,22,24). The highest BCUT2D eigenvalue weighted by Gasteiger charge is 2.26. The number of para-hydroxylation sites is 1. The molecule has 3 rings (SSSR count). The molecule has 0 saturated heterocycles. The lowest BCUT2D eigenvalue weighted by molar-refractivity contribution is -0.125. The molecule has 136 valence electrons. The van der Waals surface area contributed by atoms with Gasteiger partial charge >= 0.3 is 0 Å². The van der Waals surface area contributed by atoms with E-state index in [1.807, 2.05) is 24.3 Å². The summed E-state index contributed by atoms with van der Waals surface area (Å²) in [6.45, 7) is 3.07. The maximum atomic E-state index is 12.9. The predicted octanol–water partition coefficient (Wildman–Crippen LogP) is 3.75. The highest BCUT2D eigenvalue weighted by molar-refractivity contribution is 8.00. The molecule has 2 amide bonds. The lowest BCUT2D eigenvalue weighted by Gasteiger charge is -2.32. The van der Waals surface area contributed by atoms with Crippen LogP contribution in [-0.2, 0) is 16.1 Å². The van der Waals surface area contributed by atoms with Crippen molar-refractivity contribution in [1.82, 2.24) is 5.32 Å². The summed E-state index contributed by atoms with van der Waals surface area (Å²) in [5.41, 5.74) is 1.74. The van der Waals surface area contributed by atoms with Crippen LogP contribution >= 0.6 is 11.8 Å². The number of fused-ring (bicyclic) bond motifs is 1. The summed E-state index contributed by atoms with van der Waals surface area (Å²) >= 11 is 1.76. The number of carbonyl (C=O) groups is 2. The van der Waals surface area contributed by atoms with E-state index in [4.69, 9.17) is 0 Å². The van der Waals surface area contributed by atoms with Gasteiger partial charge in [0, 0.05) is 36.1 Å². The molecule has 0 aliphatic carbocycles. The number of thioether (sulfide) groups is 1. The van der Waals surface area contributed by atoms with Crippen molar-refractivity contribution >= 4 is 29.3 Å². The number of halogens is 1. The summed E-state index contributed by atoms with van der Waals surface area (Å²) in [7, 11) is 0. The second-order valence-electron chi connectivity index (χ2n) is 6.30. The zero-order chi connectivity index (χ0) is 18.5. The summed E-state index contributed by atoms with van der Waals surface area (Å²) in [4.78, 5) is 27.5. The Kier molecular flexibility index (Phi) is 5.93. The highest BCUT2D eigenvalue weighted by Crippen LogP contribution is 2.38. The number of rotatable bonds is 5. The molecule has 1 atom stereocenters. The molecule has 2 aromatic rings. The molecule has 6 heteroatoms. The quantitative estimate of drug-likeness (QED) is 0.870.